The molecule has 0 aromatic heterocycles. The molecule has 5 atom stereocenters. The number of hydrogen-bond acceptors (Lipinski definition) is 1. The van der Waals surface area contributed by atoms with Gasteiger partial charge in [0.1, 0.15) is 11.6 Å². The van der Waals surface area contributed by atoms with Gasteiger partial charge in [-0.3, -0.25) is 0 Å². The van der Waals surface area contributed by atoms with Crippen LogP contribution < -0.4 is 5.32 Å². The Balaban J connectivity index is 1.64. The summed E-state index contributed by atoms with van der Waals surface area (Å²) in [7, 11) is 0. The second kappa shape index (κ2) is 5.44. The molecule has 3 heteroatoms. The molecular weight excluding hydrogens is 256 g/mol. The third-order valence-corrected chi connectivity index (χ3v) is 5.33. The lowest BCUT2D eigenvalue weighted by Gasteiger charge is -2.31. The summed E-state index contributed by atoms with van der Waals surface area (Å²) in [4.78, 5) is 0. The maximum Gasteiger partial charge on any atom is 0.126 e. The first kappa shape index (κ1) is 14.0. The van der Waals surface area contributed by atoms with Gasteiger partial charge < -0.3 is 5.32 Å². The molecule has 1 nitrogen and oxygen atoms in total. The number of hydrogen-bond donors (Lipinski definition) is 1. The standard InChI is InChI=1S/C17H23F2N/c1-10(14-7-15(18)9-16(19)8-14)20-11(2)17-6-12-3-4-13(17)5-12/h7-13,17,20H,3-6H2,1-2H3. The molecule has 2 aliphatic rings. The summed E-state index contributed by atoms with van der Waals surface area (Å²) in [6, 6.07) is 4.17. The molecule has 2 bridgehead atoms. The number of rotatable bonds is 4. The van der Waals surface area contributed by atoms with E-state index in [9.17, 15) is 8.78 Å². The van der Waals surface area contributed by atoms with Crippen LogP contribution in [0.5, 0.6) is 0 Å². The second-order valence-corrected chi connectivity index (χ2v) is 6.72. The Labute approximate surface area is 119 Å². The van der Waals surface area contributed by atoms with E-state index in [4.69, 9.17) is 0 Å². The van der Waals surface area contributed by atoms with Gasteiger partial charge in [-0.25, -0.2) is 8.78 Å². The molecule has 2 saturated carbocycles. The van der Waals surface area contributed by atoms with E-state index in [2.05, 4.69) is 12.2 Å². The Hall–Kier alpha value is -0.960. The van der Waals surface area contributed by atoms with Crippen LogP contribution in [0.2, 0.25) is 0 Å². The minimum absolute atomic E-state index is 0.0191. The van der Waals surface area contributed by atoms with Crippen LogP contribution in [0.1, 0.15) is 51.1 Å². The van der Waals surface area contributed by atoms with Crippen molar-refractivity contribution in [1.82, 2.24) is 5.32 Å². The summed E-state index contributed by atoms with van der Waals surface area (Å²) >= 11 is 0. The Kier molecular flexibility index (Phi) is 3.80. The van der Waals surface area contributed by atoms with Gasteiger partial charge in [-0.05, 0) is 68.6 Å². The quantitative estimate of drug-likeness (QED) is 0.859. The Morgan fingerprint density at radius 3 is 2.30 bits per heavy atom. The highest BCUT2D eigenvalue weighted by Gasteiger charge is 2.41. The minimum Gasteiger partial charge on any atom is -0.307 e. The van der Waals surface area contributed by atoms with Crippen molar-refractivity contribution in [2.45, 2.75) is 51.6 Å². The molecule has 0 saturated heterocycles. The van der Waals surface area contributed by atoms with Crippen LogP contribution in [-0.4, -0.2) is 6.04 Å². The van der Waals surface area contributed by atoms with Gasteiger partial charge in [0.25, 0.3) is 0 Å². The lowest BCUT2D eigenvalue weighted by molar-refractivity contribution is 0.248. The topological polar surface area (TPSA) is 12.0 Å². The molecule has 0 aliphatic heterocycles. The van der Waals surface area contributed by atoms with Crippen LogP contribution in [0.25, 0.3) is 0 Å². The van der Waals surface area contributed by atoms with Crippen molar-refractivity contribution < 1.29 is 8.78 Å². The zero-order valence-corrected chi connectivity index (χ0v) is 12.2. The molecule has 1 aromatic rings. The Morgan fingerprint density at radius 1 is 1.05 bits per heavy atom. The van der Waals surface area contributed by atoms with E-state index in [-0.39, 0.29) is 6.04 Å². The van der Waals surface area contributed by atoms with Crippen molar-refractivity contribution in [3.63, 3.8) is 0 Å². The van der Waals surface area contributed by atoms with Crippen LogP contribution >= 0.6 is 0 Å². The molecule has 110 valence electrons. The van der Waals surface area contributed by atoms with Crippen LogP contribution in [0.4, 0.5) is 8.78 Å². The minimum atomic E-state index is -0.499. The summed E-state index contributed by atoms with van der Waals surface area (Å²) in [5.41, 5.74) is 0.692. The molecule has 20 heavy (non-hydrogen) atoms. The number of benzene rings is 1. The van der Waals surface area contributed by atoms with Crippen LogP contribution in [0.3, 0.4) is 0 Å². The van der Waals surface area contributed by atoms with Crippen LogP contribution in [-0.2, 0) is 0 Å². The molecule has 5 unspecified atom stereocenters. The summed E-state index contributed by atoms with van der Waals surface area (Å²) in [5.74, 6) is 1.52. The lowest BCUT2D eigenvalue weighted by Crippen LogP contribution is -2.37. The summed E-state index contributed by atoms with van der Waals surface area (Å²) in [6.07, 6.45) is 5.48. The van der Waals surface area contributed by atoms with Gasteiger partial charge in [0.2, 0.25) is 0 Å². The maximum atomic E-state index is 13.3. The Morgan fingerprint density at radius 2 is 1.75 bits per heavy atom. The highest BCUT2D eigenvalue weighted by Crippen LogP contribution is 2.49. The Bertz CT molecular complexity index is 468. The molecular formula is C17H23F2N. The fourth-order valence-electron chi connectivity index (χ4n) is 4.35. The number of fused-ring (bicyclic) bond motifs is 2. The molecule has 0 radical (unpaired) electrons. The smallest absolute Gasteiger partial charge is 0.126 e. The first-order valence-electron chi connectivity index (χ1n) is 7.75. The van der Waals surface area contributed by atoms with Crippen molar-refractivity contribution >= 4 is 0 Å². The van der Waals surface area contributed by atoms with Gasteiger partial charge in [0, 0.05) is 18.2 Å². The lowest BCUT2D eigenvalue weighted by atomic mass is 9.83. The fourth-order valence-corrected chi connectivity index (χ4v) is 4.35. The predicted molar refractivity (Wildman–Crippen MR) is 76.3 cm³/mol. The van der Waals surface area contributed by atoms with Crippen molar-refractivity contribution in [2.75, 3.05) is 0 Å². The van der Waals surface area contributed by atoms with Gasteiger partial charge in [0.15, 0.2) is 0 Å². The first-order chi connectivity index (χ1) is 9.52. The average molecular weight is 279 g/mol. The van der Waals surface area contributed by atoms with Crippen molar-refractivity contribution in [3.8, 4) is 0 Å². The highest BCUT2D eigenvalue weighted by atomic mass is 19.1. The van der Waals surface area contributed by atoms with E-state index >= 15 is 0 Å². The predicted octanol–water partition coefficient (Wildman–Crippen LogP) is 4.44. The molecule has 0 amide bonds. The normalized spacial score (nSPS) is 31.5. The zero-order valence-electron chi connectivity index (χ0n) is 12.2. The monoisotopic (exact) mass is 279 g/mol. The van der Waals surface area contributed by atoms with Gasteiger partial charge in [-0.2, -0.15) is 0 Å². The van der Waals surface area contributed by atoms with E-state index < -0.39 is 11.6 Å². The van der Waals surface area contributed by atoms with E-state index in [0.29, 0.717) is 11.6 Å². The largest absolute Gasteiger partial charge is 0.307 e. The summed E-state index contributed by atoms with van der Waals surface area (Å²) < 4.78 is 26.6. The molecule has 1 aromatic carbocycles. The molecule has 2 fully saturated rings. The second-order valence-electron chi connectivity index (χ2n) is 6.72. The van der Waals surface area contributed by atoms with Crippen molar-refractivity contribution in [2.24, 2.45) is 17.8 Å². The third kappa shape index (κ3) is 2.73. The van der Waals surface area contributed by atoms with Gasteiger partial charge in [-0.1, -0.05) is 6.42 Å². The van der Waals surface area contributed by atoms with Gasteiger partial charge in [-0.15, -0.1) is 0 Å². The molecule has 0 heterocycles. The number of nitrogens with one attached hydrogen (secondary N) is 1. The molecule has 1 N–H and O–H groups in total. The van der Waals surface area contributed by atoms with E-state index in [1.807, 2.05) is 6.92 Å². The fraction of sp³-hybridized carbons (Fsp3) is 0.647. The molecule has 0 spiro atoms. The van der Waals surface area contributed by atoms with E-state index in [0.717, 1.165) is 23.8 Å². The maximum absolute atomic E-state index is 13.3. The van der Waals surface area contributed by atoms with Crippen molar-refractivity contribution in [1.29, 1.82) is 0 Å². The summed E-state index contributed by atoms with van der Waals surface area (Å²) in [5, 5.41) is 3.54. The molecule has 2 aliphatic carbocycles. The van der Waals surface area contributed by atoms with Gasteiger partial charge in [0.05, 0.1) is 0 Å². The van der Waals surface area contributed by atoms with Gasteiger partial charge >= 0.3 is 0 Å². The SMILES string of the molecule is CC(NC(C)C1CC2CCC1C2)c1cc(F)cc(F)c1. The van der Waals surface area contributed by atoms with E-state index in [1.54, 1.807) is 0 Å². The third-order valence-electron chi connectivity index (χ3n) is 5.33. The highest BCUT2D eigenvalue weighted by molar-refractivity contribution is 5.21. The number of halogens is 2. The molecule has 3 rings (SSSR count). The first-order valence-corrected chi connectivity index (χ1v) is 7.75. The van der Waals surface area contributed by atoms with E-state index in [1.165, 1.54) is 37.8 Å². The average Bonchev–Trinajstić information content (AvgIpc) is 2.99. The zero-order chi connectivity index (χ0) is 14.3. The summed E-state index contributed by atoms with van der Waals surface area (Å²) in [6.45, 7) is 4.20. The van der Waals surface area contributed by atoms with Crippen molar-refractivity contribution in [3.05, 3.63) is 35.4 Å². The van der Waals surface area contributed by atoms with Crippen LogP contribution in [0, 0.1) is 29.4 Å². The van der Waals surface area contributed by atoms with Crippen LogP contribution in [0.15, 0.2) is 18.2 Å².